The monoisotopic (exact) mass is 332 g/mol. The van der Waals surface area contributed by atoms with E-state index in [1.54, 1.807) is 17.0 Å². The number of ether oxygens (including phenoxy) is 1. The van der Waals surface area contributed by atoms with Crippen molar-refractivity contribution in [2.75, 3.05) is 26.2 Å². The molecule has 1 amide bonds. The minimum atomic E-state index is -1.01. The SMILES string of the molecule is O=C(C(Oc1ccc(F)c(F)c1)c1ccccc1)N1CCNCC1. The summed E-state index contributed by atoms with van der Waals surface area (Å²) < 4.78 is 32.3. The number of hydrogen-bond donors (Lipinski definition) is 1. The average Bonchev–Trinajstić information content (AvgIpc) is 2.63. The molecule has 0 saturated carbocycles. The first-order valence-corrected chi connectivity index (χ1v) is 7.81. The van der Waals surface area contributed by atoms with Gasteiger partial charge < -0.3 is 15.0 Å². The van der Waals surface area contributed by atoms with Gasteiger partial charge in [0.05, 0.1) is 0 Å². The fourth-order valence-electron chi connectivity index (χ4n) is 2.63. The molecule has 6 heteroatoms. The quantitative estimate of drug-likeness (QED) is 0.935. The normalized spacial score (nSPS) is 15.8. The van der Waals surface area contributed by atoms with Crippen LogP contribution in [0, 0.1) is 11.6 Å². The Labute approximate surface area is 139 Å². The summed E-state index contributed by atoms with van der Waals surface area (Å²) in [6, 6.07) is 12.3. The maximum atomic E-state index is 13.4. The Balaban J connectivity index is 1.87. The molecule has 2 aromatic carbocycles. The van der Waals surface area contributed by atoms with Crippen LogP contribution >= 0.6 is 0 Å². The van der Waals surface area contributed by atoms with E-state index in [-0.39, 0.29) is 11.7 Å². The van der Waals surface area contributed by atoms with Crippen LogP contribution in [0.25, 0.3) is 0 Å². The Kier molecular flexibility index (Phi) is 5.05. The lowest BCUT2D eigenvalue weighted by Crippen LogP contribution is -2.48. The number of piperazine rings is 1. The van der Waals surface area contributed by atoms with Crippen LogP contribution in [0.3, 0.4) is 0 Å². The topological polar surface area (TPSA) is 41.6 Å². The predicted molar refractivity (Wildman–Crippen MR) is 85.6 cm³/mol. The highest BCUT2D eigenvalue weighted by Gasteiger charge is 2.28. The molecule has 2 aromatic rings. The van der Waals surface area contributed by atoms with E-state index in [0.29, 0.717) is 18.7 Å². The highest BCUT2D eigenvalue weighted by atomic mass is 19.2. The van der Waals surface area contributed by atoms with Gasteiger partial charge in [-0.15, -0.1) is 0 Å². The van der Waals surface area contributed by atoms with E-state index >= 15 is 0 Å². The van der Waals surface area contributed by atoms with Crippen molar-refractivity contribution in [1.29, 1.82) is 0 Å². The van der Waals surface area contributed by atoms with Gasteiger partial charge in [0.2, 0.25) is 6.10 Å². The van der Waals surface area contributed by atoms with Gasteiger partial charge in [0, 0.05) is 37.8 Å². The number of carbonyl (C=O) groups excluding carboxylic acids is 1. The minimum absolute atomic E-state index is 0.117. The molecule has 4 nitrogen and oxygen atoms in total. The molecular formula is C18H18F2N2O2. The van der Waals surface area contributed by atoms with Crippen LogP contribution in [0.2, 0.25) is 0 Å². The molecule has 0 bridgehead atoms. The molecule has 1 aliphatic heterocycles. The van der Waals surface area contributed by atoms with Crippen LogP contribution < -0.4 is 10.1 Å². The third-order valence-electron chi connectivity index (χ3n) is 3.90. The smallest absolute Gasteiger partial charge is 0.268 e. The van der Waals surface area contributed by atoms with Gasteiger partial charge in [-0.25, -0.2) is 8.78 Å². The van der Waals surface area contributed by atoms with E-state index in [1.165, 1.54) is 6.07 Å². The predicted octanol–water partition coefficient (Wildman–Crippen LogP) is 2.52. The van der Waals surface area contributed by atoms with Crippen LogP contribution in [0.4, 0.5) is 8.78 Å². The highest BCUT2D eigenvalue weighted by Crippen LogP contribution is 2.25. The van der Waals surface area contributed by atoms with Gasteiger partial charge in [-0.3, -0.25) is 4.79 Å². The number of rotatable bonds is 4. The van der Waals surface area contributed by atoms with Gasteiger partial charge >= 0.3 is 0 Å². The summed E-state index contributed by atoms with van der Waals surface area (Å²) in [6.45, 7) is 2.61. The van der Waals surface area contributed by atoms with E-state index in [1.807, 2.05) is 18.2 Å². The molecular weight excluding hydrogens is 314 g/mol. The Bertz CT molecular complexity index is 703. The second-order valence-electron chi connectivity index (χ2n) is 5.56. The van der Waals surface area contributed by atoms with E-state index < -0.39 is 17.7 Å². The number of carbonyl (C=O) groups is 1. The maximum absolute atomic E-state index is 13.4. The standard InChI is InChI=1S/C18H18F2N2O2/c19-15-7-6-14(12-16(15)20)24-17(13-4-2-1-3-5-13)18(23)22-10-8-21-9-11-22/h1-7,12,17,21H,8-11H2. The van der Waals surface area contributed by atoms with Gasteiger partial charge in [-0.1, -0.05) is 30.3 Å². The van der Waals surface area contributed by atoms with E-state index in [9.17, 15) is 13.6 Å². The number of benzene rings is 2. The molecule has 3 rings (SSSR count). The molecule has 1 fully saturated rings. The Morgan fingerprint density at radius 3 is 2.42 bits per heavy atom. The van der Waals surface area contributed by atoms with Gasteiger partial charge in [-0.2, -0.15) is 0 Å². The molecule has 1 aliphatic rings. The molecule has 126 valence electrons. The van der Waals surface area contributed by atoms with Crippen molar-refractivity contribution in [1.82, 2.24) is 10.2 Å². The van der Waals surface area contributed by atoms with Crippen molar-refractivity contribution in [3.8, 4) is 5.75 Å². The second kappa shape index (κ2) is 7.40. The maximum Gasteiger partial charge on any atom is 0.268 e. The van der Waals surface area contributed by atoms with Crippen molar-refractivity contribution in [3.05, 3.63) is 65.7 Å². The molecule has 1 unspecified atom stereocenters. The zero-order chi connectivity index (χ0) is 16.9. The molecule has 1 heterocycles. The summed E-state index contributed by atoms with van der Waals surface area (Å²) in [5.74, 6) is -2.03. The summed E-state index contributed by atoms with van der Waals surface area (Å²) in [4.78, 5) is 14.6. The van der Waals surface area contributed by atoms with Gasteiger partial charge in [0.15, 0.2) is 11.6 Å². The number of amides is 1. The van der Waals surface area contributed by atoms with Crippen LogP contribution in [-0.2, 0) is 4.79 Å². The van der Waals surface area contributed by atoms with Crippen LogP contribution in [0.5, 0.6) is 5.75 Å². The third kappa shape index (κ3) is 3.71. The molecule has 0 aromatic heterocycles. The van der Waals surface area contributed by atoms with Crippen molar-refractivity contribution >= 4 is 5.91 Å². The first-order chi connectivity index (χ1) is 11.6. The molecule has 1 saturated heterocycles. The van der Waals surface area contributed by atoms with Crippen molar-refractivity contribution in [2.24, 2.45) is 0 Å². The Morgan fingerprint density at radius 2 is 1.75 bits per heavy atom. The van der Waals surface area contributed by atoms with Crippen LogP contribution in [0.15, 0.2) is 48.5 Å². The fourth-order valence-corrected chi connectivity index (χ4v) is 2.63. The second-order valence-corrected chi connectivity index (χ2v) is 5.56. The van der Waals surface area contributed by atoms with Crippen LogP contribution in [-0.4, -0.2) is 37.0 Å². The lowest BCUT2D eigenvalue weighted by molar-refractivity contribution is -0.139. The van der Waals surface area contributed by atoms with E-state index in [0.717, 1.165) is 25.2 Å². The van der Waals surface area contributed by atoms with Gasteiger partial charge in [0.1, 0.15) is 5.75 Å². The Hall–Kier alpha value is -2.47. The van der Waals surface area contributed by atoms with Crippen LogP contribution in [0.1, 0.15) is 11.7 Å². The average molecular weight is 332 g/mol. The van der Waals surface area contributed by atoms with E-state index in [4.69, 9.17) is 4.74 Å². The zero-order valence-corrected chi connectivity index (χ0v) is 13.0. The van der Waals surface area contributed by atoms with Gasteiger partial charge in [0.25, 0.3) is 5.91 Å². The summed E-state index contributed by atoms with van der Waals surface area (Å²) in [5.41, 5.74) is 0.672. The zero-order valence-electron chi connectivity index (χ0n) is 13.0. The summed E-state index contributed by atoms with van der Waals surface area (Å²) in [7, 11) is 0. The van der Waals surface area contributed by atoms with Crippen molar-refractivity contribution < 1.29 is 18.3 Å². The lowest BCUT2D eigenvalue weighted by Gasteiger charge is -2.31. The van der Waals surface area contributed by atoms with E-state index in [2.05, 4.69) is 5.32 Å². The molecule has 0 spiro atoms. The molecule has 1 N–H and O–H groups in total. The highest BCUT2D eigenvalue weighted by molar-refractivity contribution is 5.82. The molecule has 0 aliphatic carbocycles. The van der Waals surface area contributed by atoms with Gasteiger partial charge in [-0.05, 0) is 12.1 Å². The fraction of sp³-hybridized carbons (Fsp3) is 0.278. The summed E-state index contributed by atoms with van der Waals surface area (Å²) in [5, 5.41) is 3.19. The third-order valence-corrected chi connectivity index (χ3v) is 3.90. The first kappa shape index (κ1) is 16.4. The molecule has 0 radical (unpaired) electrons. The molecule has 24 heavy (non-hydrogen) atoms. The Morgan fingerprint density at radius 1 is 1.04 bits per heavy atom. The number of hydrogen-bond acceptors (Lipinski definition) is 3. The number of halogens is 2. The molecule has 1 atom stereocenters. The largest absolute Gasteiger partial charge is 0.476 e. The minimum Gasteiger partial charge on any atom is -0.476 e. The van der Waals surface area contributed by atoms with Crippen molar-refractivity contribution in [2.45, 2.75) is 6.10 Å². The number of nitrogens with one attached hydrogen (secondary N) is 1. The summed E-state index contributed by atoms with van der Waals surface area (Å²) in [6.07, 6.45) is -0.894. The summed E-state index contributed by atoms with van der Waals surface area (Å²) >= 11 is 0. The number of nitrogens with zero attached hydrogens (tertiary/aromatic N) is 1. The first-order valence-electron chi connectivity index (χ1n) is 7.81. The lowest BCUT2D eigenvalue weighted by atomic mass is 10.1. The van der Waals surface area contributed by atoms with Crippen molar-refractivity contribution in [3.63, 3.8) is 0 Å².